The van der Waals surface area contributed by atoms with Crippen LogP contribution < -0.4 is 5.32 Å². The Morgan fingerprint density at radius 1 is 1.48 bits per heavy atom. The Bertz CT molecular complexity index is 587. The third kappa shape index (κ3) is 5.01. The maximum atomic E-state index is 11.9. The lowest BCUT2D eigenvalue weighted by Gasteiger charge is -2.21. The molecule has 114 valence electrons. The lowest BCUT2D eigenvalue weighted by Crippen LogP contribution is -2.42. The van der Waals surface area contributed by atoms with Crippen LogP contribution in [0.1, 0.15) is 23.7 Å². The van der Waals surface area contributed by atoms with Crippen molar-refractivity contribution in [1.29, 1.82) is 0 Å². The van der Waals surface area contributed by atoms with Crippen LogP contribution in [0.4, 0.5) is 5.69 Å². The monoisotopic (exact) mass is 316 g/mol. The molecule has 1 amide bonds. The van der Waals surface area contributed by atoms with Gasteiger partial charge in [0.2, 0.25) is 0 Å². The number of nitrogens with zero attached hydrogens (tertiary/aromatic N) is 1. The molecule has 0 aliphatic carbocycles. The second-order valence-corrected chi connectivity index (χ2v) is 5.11. The van der Waals surface area contributed by atoms with Crippen LogP contribution in [-0.4, -0.2) is 39.2 Å². The van der Waals surface area contributed by atoms with Crippen LogP contribution in [0.5, 0.6) is 0 Å². The fourth-order valence-electron chi connectivity index (χ4n) is 1.60. The van der Waals surface area contributed by atoms with E-state index in [1.54, 1.807) is 0 Å². The third-order valence-electron chi connectivity index (χ3n) is 2.56. The molecule has 0 bridgehead atoms. The summed E-state index contributed by atoms with van der Waals surface area (Å²) in [5.74, 6) is -2.03. The topological polar surface area (TPSA) is 130 Å². The van der Waals surface area contributed by atoms with Gasteiger partial charge in [0.15, 0.2) is 0 Å². The van der Waals surface area contributed by atoms with Gasteiger partial charge in [-0.1, -0.05) is 11.6 Å². The van der Waals surface area contributed by atoms with E-state index in [-0.39, 0.29) is 17.1 Å². The molecule has 9 heteroatoms. The number of hydrogen-bond donors (Lipinski definition) is 3. The fraction of sp³-hybridized carbons (Fsp3) is 0.333. The number of nitrogens with one attached hydrogen (secondary N) is 1. The fourth-order valence-corrected chi connectivity index (χ4v) is 1.77. The average Bonchev–Trinajstić information content (AvgIpc) is 2.34. The van der Waals surface area contributed by atoms with Crippen molar-refractivity contribution in [2.45, 2.75) is 18.9 Å². The van der Waals surface area contributed by atoms with Crippen molar-refractivity contribution in [3.63, 3.8) is 0 Å². The summed E-state index contributed by atoms with van der Waals surface area (Å²) in [7, 11) is 0. The normalized spacial score (nSPS) is 13.3. The molecule has 0 aromatic heterocycles. The van der Waals surface area contributed by atoms with Crippen molar-refractivity contribution >= 4 is 29.2 Å². The molecule has 0 aliphatic rings. The van der Waals surface area contributed by atoms with Crippen LogP contribution >= 0.6 is 11.6 Å². The molecule has 1 atom stereocenters. The van der Waals surface area contributed by atoms with Crippen molar-refractivity contribution in [2.75, 3.05) is 6.54 Å². The van der Waals surface area contributed by atoms with E-state index in [0.29, 0.717) is 0 Å². The van der Waals surface area contributed by atoms with Gasteiger partial charge >= 0.3 is 5.97 Å². The Labute approximate surface area is 124 Å². The van der Waals surface area contributed by atoms with Gasteiger partial charge in [0.25, 0.3) is 11.6 Å². The highest BCUT2D eigenvalue weighted by Gasteiger charge is 2.27. The van der Waals surface area contributed by atoms with Gasteiger partial charge in [-0.15, -0.1) is 0 Å². The van der Waals surface area contributed by atoms with Crippen molar-refractivity contribution < 1.29 is 24.7 Å². The molecule has 1 aromatic rings. The highest BCUT2D eigenvalue weighted by Crippen LogP contribution is 2.23. The first-order chi connectivity index (χ1) is 9.62. The van der Waals surface area contributed by atoms with Gasteiger partial charge in [0.1, 0.15) is 5.56 Å². The first kappa shape index (κ1) is 16.9. The summed E-state index contributed by atoms with van der Waals surface area (Å²) in [5.41, 5.74) is -2.36. The summed E-state index contributed by atoms with van der Waals surface area (Å²) in [6.45, 7) is 0.871. The van der Waals surface area contributed by atoms with Crippen LogP contribution in [0.15, 0.2) is 18.2 Å². The second kappa shape index (κ2) is 6.51. The number of carbonyl (C=O) groups excluding carboxylic acids is 1. The standard InChI is InChI=1S/C12H13ClN2O6/c1-12(19,5-10(16)17)6-14-11(18)8-3-2-7(13)4-9(8)15(20)21/h2-4,19H,5-6H2,1H3,(H,14,18)(H,16,17). The Balaban J connectivity index is 2.86. The van der Waals surface area contributed by atoms with Crippen molar-refractivity contribution in [3.05, 3.63) is 38.9 Å². The number of hydrogen-bond acceptors (Lipinski definition) is 5. The molecule has 0 radical (unpaired) electrons. The number of carboxylic acid groups (broad SMARTS) is 1. The van der Waals surface area contributed by atoms with E-state index < -0.39 is 34.5 Å². The van der Waals surface area contributed by atoms with E-state index in [2.05, 4.69) is 5.32 Å². The molecule has 0 fully saturated rings. The second-order valence-electron chi connectivity index (χ2n) is 4.67. The summed E-state index contributed by atoms with van der Waals surface area (Å²) in [6, 6.07) is 3.53. The Morgan fingerprint density at radius 2 is 2.10 bits per heavy atom. The highest BCUT2D eigenvalue weighted by molar-refractivity contribution is 6.31. The minimum atomic E-state index is -1.66. The highest BCUT2D eigenvalue weighted by atomic mass is 35.5. The van der Waals surface area contributed by atoms with Crippen molar-refractivity contribution in [1.82, 2.24) is 5.32 Å². The van der Waals surface area contributed by atoms with E-state index in [4.69, 9.17) is 16.7 Å². The lowest BCUT2D eigenvalue weighted by molar-refractivity contribution is -0.385. The Kier molecular flexibility index (Phi) is 5.23. The molecule has 0 aliphatic heterocycles. The zero-order valence-corrected chi connectivity index (χ0v) is 11.8. The molecular formula is C12H13ClN2O6. The molecule has 0 spiro atoms. The average molecular weight is 317 g/mol. The number of carboxylic acids is 1. The van der Waals surface area contributed by atoms with Gasteiger partial charge < -0.3 is 15.5 Å². The van der Waals surface area contributed by atoms with E-state index in [1.165, 1.54) is 19.1 Å². The SMILES string of the molecule is CC(O)(CNC(=O)c1ccc(Cl)cc1[N+](=O)[O-])CC(=O)O. The van der Waals surface area contributed by atoms with Crippen LogP contribution in [0.25, 0.3) is 0 Å². The predicted octanol–water partition coefficient (Wildman–Crippen LogP) is 1.20. The van der Waals surface area contributed by atoms with Crippen molar-refractivity contribution in [2.24, 2.45) is 0 Å². The van der Waals surface area contributed by atoms with Crippen LogP contribution in [-0.2, 0) is 4.79 Å². The Hall–Kier alpha value is -2.19. The molecular weight excluding hydrogens is 304 g/mol. The minimum absolute atomic E-state index is 0.108. The van der Waals surface area contributed by atoms with E-state index in [1.807, 2.05) is 0 Å². The molecule has 0 heterocycles. The Morgan fingerprint density at radius 3 is 2.62 bits per heavy atom. The molecule has 3 N–H and O–H groups in total. The number of benzene rings is 1. The van der Waals surface area contributed by atoms with Crippen LogP contribution in [0.3, 0.4) is 0 Å². The van der Waals surface area contributed by atoms with Gasteiger partial charge in [-0.05, 0) is 19.1 Å². The first-order valence-corrected chi connectivity index (χ1v) is 6.16. The van der Waals surface area contributed by atoms with E-state index >= 15 is 0 Å². The van der Waals surface area contributed by atoms with Crippen molar-refractivity contribution in [3.8, 4) is 0 Å². The van der Waals surface area contributed by atoms with E-state index in [9.17, 15) is 24.8 Å². The quantitative estimate of drug-likeness (QED) is 0.534. The summed E-state index contributed by atoms with van der Waals surface area (Å²) in [5, 5.41) is 31.6. The number of aliphatic carboxylic acids is 1. The zero-order chi connectivity index (χ0) is 16.2. The molecule has 0 saturated carbocycles. The molecule has 1 unspecified atom stereocenters. The lowest BCUT2D eigenvalue weighted by atomic mass is 10.0. The number of carbonyl (C=O) groups is 2. The number of halogens is 1. The number of aliphatic hydroxyl groups is 1. The van der Waals surface area contributed by atoms with Crippen LogP contribution in [0, 0.1) is 10.1 Å². The predicted molar refractivity (Wildman–Crippen MR) is 73.3 cm³/mol. The number of nitro groups is 1. The zero-order valence-electron chi connectivity index (χ0n) is 11.0. The summed E-state index contributed by atoms with van der Waals surface area (Å²) in [4.78, 5) is 32.5. The van der Waals surface area contributed by atoms with Gasteiger partial charge in [-0.2, -0.15) is 0 Å². The third-order valence-corrected chi connectivity index (χ3v) is 2.80. The number of rotatable bonds is 6. The first-order valence-electron chi connectivity index (χ1n) is 5.79. The number of amides is 1. The molecule has 1 rings (SSSR count). The van der Waals surface area contributed by atoms with Gasteiger partial charge in [-0.25, -0.2) is 0 Å². The molecule has 8 nitrogen and oxygen atoms in total. The largest absolute Gasteiger partial charge is 0.481 e. The summed E-state index contributed by atoms with van der Waals surface area (Å²) in [6.07, 6.45) is -0.573. The smallest absolute Gasteiger partial charge is 0.306 e. The molecule has 21 heavy (non-hydrogen) atoms. The minimum Gasteiger partial charge on any atom is -0.481 e. The maximum Gasteiger partial charge on any atom is 0.306 e. The summed E-state index contributed by atoms with van der Waals surface area (Å²) >= 11 is 5.63. The van der Waals surface area contributed by atoms with E-state index in [0.717, 1.165) is 6.07 Å². The molecule has 1 aromatic carbocycles. The van der Waals surface area contributed by atoms with Crippen LogP contribution in [0.2, 0.25) is 5.02 Å². The number of nitro benzene ring substituents is 1. The summed E-state index contributed by atoms with van der Waals surface area (Å²) < 4.78 is 0. The van der Waals surface area contributed by atoms with Gasteiger partial charge in [0.05, 0.1) is 16.9 Å². The maximum absolute atomic E-state index is 11.9. The van der Waals surface area contributed by atoms with Gasteiger partial charge in [0, 0.05) is 17.6 Å². The molecule has 0 saturated heterocycles. The van der Waals surface area contributed by atoms with Gasteiger partial charge in [-0.3, -0.25) is 19.7 Å².